The van der Waals surface area contributed by atoms with Gasteiger partial charge in [-0.25, -0.2) is 4.79 Å². The molecule has 3 fully saturated rings. The Hall–Kier alpha value is -5.30. The largest absolute Gasteiger partial charge is 0.393 e. The summed E-state index contributed by atoms with van der Waals surface area (Å²) in [5, 5.41) is 30.2. The Morgan fingerprint density at radius 1 is 0.738 bits per heavy atom. The minimum absolute atomic E-state index is 0.0357. The van der Waals surface area contributed by atoms with Crippen LogP contribution in [-0.4, -0.2) is 45.2 Å². The Bertz CT molecular complexity index is 2550. The van der Waals surface area contributed by atoms with Crippen LogP contribution in [0.5, 0.6) is 0 Å². The smallest absolute Gasteiger partial charge is 0.318 e. The molecule has 3 N–H and O–H groups in total. The predicted molar refractivity (Wildman–Crippen MR) is 243 cm³/mol. The van der Waals surface area contributed by atoms with Crippen LogP contribution in [0.2, 0.25) is 0 Å². The number of fused-ring (bicyclic) bond motifs is 2. The molecule has 61 heavy (non-hydrogen) atoms. The third-order valence-corrected chi connectivity index (χ3v) is 16.8. The maximum Gasteiger partial charge on any atom is 0.318 e. The zero-order valence-corrected chi connectivity index (χ0v) is 35.7. The lowest BCUT2D eigenvalue weighted by Gasteiger charge is -2.71. The quantitative estimate of drug-likeness (QED) is 0.102. The van der Waals surface area contributed by atoms with E-state index in [0.717, 1.165) is 70.7 Å². The summed E-state index contributed by atoms with van der Waals surface area (Å²) in [7, 11) is 0. The van der Waals surface area contributed by atoms with Gasteiger partial charge in [-0.3, -0.25) is 4.79 Å². The number of carbonyl (C=O) groups is 2. The fraction of sp³-hybridized carbons (Fsp3) is 0.382. The lowest BCUT2D eigenvalue weighted by atomic mass is 9.32. The highest BCUT2D eigenvalue weighted by Crippen LogP contribution is 2.78. The van der Waals surface area contributed by atoms with Gasteiger partial charge in [0.25, 0.3) is 0 Å². The average Bonchev–Trinajstić information content (AvgIpc) is 3.56. The molecule has 6 aliphatic carbocycles. The van der Waals surface area contributed by atoms with E-state index < -0.39 is 27.9 Å². The van der Waals surface area contributed by atoms with Crippen LogP contribution >= 0.6 is 0 Å². The second kappa shape index (κ2) is 14.7. The van der Waals surface area contributed by atoms with Crippen molar-refractivity contribution in [1.29, 1.82) is 0 Å². The topological polar surface area (TPSA) is 89.9 Å². The van der Waals surface area contributed by atoms with E-state index in [4.69, 9.17) is 0 Å². The second-order valence-corrected chi connectivity index (χ2v) is 19.7. The van der Waals surface area contributed by atoms with E-state index in [2.05, 4.69) is 85.9 Å². The molecule has 0 heterocycles. The number of ketones is 1. The van der Waals surface area contributed by atoms with Crippen LogP contribution in [0.4, 0.5) is 4.79 Å². The van der Waals surface area contributed by atoms with Gasteiger partial charge in [0.05, 0.1) is 24.3 Å². The molecule has 0 aliphatic heterocycles. The van der Waals surface area contributed by atoms with Crippen LogP contribution in [-0.2, 0) is 6.54 Å². The normalized spacial score (nSPS) is 32.6. The fourth-order valence-corrected chi connectivity index (χ4v) is 13.5. The first-order valence-electron chi connectivity index (χ1n) is 22.5. The number of urea groups is 1. The molecule has 5 aromatic carbocycles. The third-order valence-electron chi connectivity index (χ3n) is 16.8. The highest BCUT2D eigenvalue weighted by Gasteiger charge is 2.74. The summed E-state index contributed by atoms with van der Waals surface area (Å²) < 4.78 is 0. The van der Waals surface area contributed by atoms with Crippen LogP contribution < -0.4 is 5.32 Å². The molecule has 9 atom stereocenters. The number of benzene rings is 5. The average molecular weight is 811 g/mol. The summed E-state index contributed by atoms with van der Waals surface area (Å²) >= 11 is 0. The Kier molecular flexibility index (Phi) is 9.57. The molecule has 2 amide bonds. The molecule has 9 unspecified atom stereocenters. The Morgan fingerprint density at radius 3 is 2.15 bits per heavy atom. The van der Waals surface area contributed by atoms with Gasteiger partial charge in [-0.15, -0.1) is 0 Å². The molecule has 6 heteroatoms. The van der Waals surface area contributed by atoms with Crippen molar-refractivity contribution in [3.8, 4) is 11.1 Å². The lowest BCUT2D eigenvalue weighted by molar-refractivity contribution is -0.174. The molecule has 11 rings (SSSR count). The van der Waals surface area contributed by atoms with Crippen molar-refractivity contribution in [1.82, 2.24) is 10.2 Å². The first-order chi connectivity index (χ1) is 29.4. The molecular weight excluding hydrogens is 753 g/mol. The molecule has 0 aromatic heterocycles. The van der Waals surface area contributed by atoms with Crippen LogP contribution in [0.15, 0.2) is 151 Å². The number of carbonyl (C=O) groups excluding carboxylic acids is 2. The predicted octanol–water partition coefficient (Wildman–Crippen LogP) is 11.3. The molecule has 6 nitrogen and oxygen atoms in total. The SMILES string of the molecule is CC(NC(=O)N(Cc1cccc2ccccc12)CC1(O)CCC2C34C=CC5(C=C3C(=O)c3ccc(-c6ccccc6)cc3)CC(O)CCC5(C)C4CCC21C)c1ccccc1. The minimum Gasteiger partial charge on any atom is -0.393 e. The summed E-state index contributed by atoms with van der Waals surface area (Å²) in [5.41, 5.74) is 2.74. The summed E-state index contributed by atoms with van der Waals surface area (Å²) in [4.78, 5) is 31.8. The van der Waals surface area contributed by atoms with Gasteiger partial charge in [0.1, 0.15) is 0 Å². The zero-order chi connectivity index (χ0) is 42.2. The lowest BCUT2D eigenvalue weighted by Crippen LogP contribution is -2.67. The molecule has 6 aliphatic rings. The van der Waals surface area contributed by atoms with Crippen molar-refractivity contribution in [2.45, 2.75) is 90.0 Å². The van der Waals surface area contributed by atoms with Crippen LogP contribution in [0, 0.1) is 33.5 Å². The standard InChI is InChI=1S/C55H58N2O4/c1-37(38-13-6-4-7-14-38)56-50(60)57(35-43-19-12-18-41-17-10-11-20-45(41)43)36-54(61)30-27-48-52(54,3)29-26-47-51(2)28-25-44(58)33-53(51)31-32-55(47,48)46(34-53)49(59)42-23-21-40(22-24-42)39-15-8-5-9-16-39/h4-24,31-32,34,37,44,47-48,58,61H,25-30,33,35-36H2,1-3H3,(H,56,60). The van der Waals surface area contributed by atoms with E-state index in [0.29, 0.717) is 24.9 Å². The summed E-state index contributed by atoms with van der Waals surface area (Å²) in [6.07, 6.45) is 11.8. The number of hydrogen-bond acceptors (Lipinski definition) is 4. The highest BCUT2D eigenvalue weighted by atomic mass is 16.3. The number of rotatable bonds is 9. The third kappa shape index (κ3) is 6.11. The fourth-order valence-electron chi connectivity index (χ4n) is 13.5. The zero-order valence-electron chi connectivity index (χ0n) is 35.7. The summed E-state index contributed by atoms with van der Waals surface area (Å²) in [6.45, 7) is 7.20. The van der Waals surface area contributed by atoms with Gasteiger partial charge in [-0.2, -0.15) is 0 Å². The number of allylic oxidation sites excluding steroid dienone is 4. The number of Topliss-reactive ketones (excluding diaryl/α,β-unsaturated/α-hetero) is 1. The minimum atomic E-state index is -1.22. The second-order valence-electron chi connectivity index (χ2n) is 19.7. The van der Waals surface area contributed by atoms with E-state index in [1.165, 1.54) is 0 Å². The molecule has 3 saturated carbocycles. The number of amides is 2. The first-order valence-corrected chi connectivity index (χ1v) is 22.5. The first kappa shape index (κ1) is 39.8. The number of nitrogens with one attached hydrogen (secondary N) is 1. The number of nitrogens with zero attached hydrogens (tertiary/aromatic N) is 1. The van der Waals surface area contributed by atoms with Gasteiger partial charge in [0.15, 0.2) is 5.78 Å². The Morgan fingerprint density at radius 2 is 1.38 bits per heavy atom. The van der Waals surface area contributed by atoms with Crippen LogP contribution in [0.1, 0.15) is 93.2 Å². The summed E-state index contributed by atoms with van der Waals surface area (Å²) in [5.74, 6) is 0.181. The van der Waals surface area contributed by atoms with Crippen molar-refractivity contribution in [2.75, 3.05) is 6.54 Å². The molecule has 0 saturated heterocycles. The van der Waals surface area contributed by atoms with Crippen LogP contribution in [0.25, 0.3) is 21.9 Å². The maximum atomic E-state index is 15.3. The number of aliphatic hydroxyl groups excluding tert-OH is 1. The van der Waals surface area contributed by atoms with Gasteiger partial charge in [0, 0.05) is 33.9 Å². The van der Waals surface area contributed by atoms with Gasteiger partial charge < -0.3 is 20.4 Å². The van der Waals surface area contributed by atoms with E-state index in [-0.39, 0.29) is 41.7 Å². The van der Waals surface area contributed by atoms with E-state index in [9.17, 15) is 15.0 Å². The molecule has 2 spiro atoms. The molecular formula is C55H58N2O4. The van der Waals surface area contributed by atoms with Gasteiger partial charge in [-0.05, 0) is 102 Å². The van der Waals surface area contributed by atoms with Crippen LogP contribution in [0.3, 0.4) is 0 Å². The van der Waals surface area contributed by atoms with Crippen molar-refractivity contribution >= 4 is 22.6 Å². The molecule has 5 aromatic rings. The molecule has 2 bridgehead atoms. The molecule has 0 radical (unpaired) electrons. The van der Waals surface area contributed by atoms with Crippen molar-refractivity contribution in [2.24, 2.45) is 33.5 Å². The Labute approximate surface area is 360 Å². The van der Waals surface area contributed by atoms with Crippen molar-refractivity contribution < 1.29 is 19.8 Å². The van der Waals surface area contributed by atoms with E-state index >= 15 is 4.79 Å². The van der Waals surface area contributed by atoms with Crippen molar-refractivity contribution in [3.05, 3.63) is 168 Å². The number of aliphatic hydroxyl groups is 2. The van der Waals surface area contributed by atoms with E-state index in [1.807, 2.05) is 90.7 Å². The van der Waals surface area contributed by atoms with Gasteiger partial charge in [0.2, 0.25) is 0 Å². The summed E-state index contributed by atoms with van der Waals surface area (Å²) in [6, 6.07) is 42.4. The van der Waals surface area contributed by atoms with E-state index in [1.54, 1.807) is 0 Å². The van der Waals surface area contributed by atoms with Gasteiger partial charge in [-0.1, -0.05) is 159 Å². The van der Waals surface area contributed by atoms with Crippen molar-refractivity contribution in [3.63, 3.8) is 0 Å². The highest BCUT2D eigenvalue weighted by molar-refractivity contribution is 6.10. The Balaban J connectivity index is 1.03. The molecule has 312 valence electrons. The monoisotopic (exact) mass is 810 g/mol. The number of hydrogen-bond donors (Lipinski definition) is 3. The maximum absolute atomic E-state index is 15.3. The van der Waals surface area contributed by atoms with Gasteiger partial charge >= 0.3 is 6.03 Å².